The quantitative estimate of drug-likeness (QED) is 0.889. The van der Waals surface area contributed by atoms with E-state index in [-0.39, 0.29) is 5.91 Å². The van der Waals surface area contributed by atoms with Gasteiger partial charge in [0, 0.05) is 11.3 Å². The van der Waals surface area contributed by atoms with Crippen LogP contribution in [0.1, 0.15) is 46.0 Å². The number of benzene rings is 2. The summed E-state index contributed by atoms with van der Waals surface area (Å²) in [6.45, 7) is 4.12. The van der Waals surface area contributed by atoms with Crippen molar-refractivity contribution < 1.29 is 14.3 Å². The Labute approximate surface area is 135 Å². The van der Waals surface area contributed by atoms with Gasteiger partial charge in [-0.05, 0) is 47.9 Å². The number of primary amides is 1. The van der Waals surface area contributed by atoms with Crippen LogP contribution in [0.2, 0.25) is 0 Å². The number of carbonyl (C=O) groups is 2. The number of hydrogen-bond donors (Lipinski definition) is 2. The number of anilines is 1. The van der Waals surface area contributed by atoms with Crippen molar-refractivity contribution in [3.05, 3.63) is 59.2 Å². The molecule has 0 unspecified atom stereocenters. The fraction of sp³-hybridized carbons (Fsp3) is 0.222. The molecule has 2 aromatic rings. The van der Waals surface area contributed by atoms with Gasteiger partial charge < -0.3 is 15.8 Å². The predicted octanol–water partition coefficient (Wildman–Crippen LogP) is 3.17. The monoisotopic (exact) mass is 312 g/mol. The molecule has 23 heavy (non-hydrogen) atoms. The number of nitrogens with two attached hydrogens (primary N) is 1. The normalized spacial score (nSPS) is 10.4. The van der Waals surface area contributed by atoms with Crippen molar-refractivity contribution >= 4 is 17.5 Å². The summed E-state index contributed by atoms with van der Waals surface area (Å²) in [5, 5.41) is 2.79. The van der Waals surface area contributed by atoms with Crippen LogP contribution in [-0.4, -0.2) is 18.9 Å². The Kier molecular flexibility index (Phi) is 5.01. The average molecular weight is 312 g/mol. The number of nitrogens with one attached hydrogen (secondary N) is 1. The van der Waals surface area contributed by atoms with Crippen molar-refractivity contribution in [3.8, 4) is 5.75 Å². The van der Waals surface area contributed by atoms with Crippen LogP contribution in [0, 0.1) is 0 Å². The largest absolute Gasteiger partial charge is 0.496 e. The molecule has 0 aromatic heterocycles. The first-order valence-electron chi connectivity index (χ1n) is 7.31. The maximum absolute atomic E-state index is 12.5. The molecule has 0 saturated heterocycles. The highest BCUT2D eigenvalue weighted by atomic mass is 16.5. The number of amides is 2. The molecular weight excluding hydrogens is 292 g/mol. The Morgan fingerprint density at radius 3 is 2.26 bits per heavy atom. The van der Waals surface area contributed by atoms with Gasteiger partial charge in [-0.2, -0.15) is 0 Å². The summed E-state index contributed by atoms with van der Waals surface area (Å²) in [7, 11) is 1.53. The number of hydrogen-bond acceptors (Lipinski definition) is 3. The lowest BCUT2D eigenvalue weighted by atomic mass is 10.00. The Bertz CT molecular complexity index is 722. The van der Waals surface area contributed by atoms with Crippen molar-refractivity contribution in [2.24, 2.45) is 5.73 Å². The van der Waals surface area contributed by atoms with Gasteiger partial charge >= 0.3 is 0 Å². The molecule has 0 spiro atoms. The Morgan fingerprint density at radius 2 is 1.74 bits per heavy atom. The fourth-order valence-corrected chi connectivity index (χ4v) is 2.18. The van der Waals surface area contributed by atoms with Crippen LogP contribution < -0.4 is 15.8 Å². The molecule has 5 heteroatoms. The second-order valence-corrected chi connectivity index (χ2v) is 5.51. The van der Waals surface area contributed by atoms with Crippen LogP contribution in [0.15, 0.2) is 42.5 Å². The first kappa shape index (κ1) is 16.5. The number of methoxy groups -OCH3 is 1. The zero-order valence-electron chi connectivity index (χ0n) is 13.4. The van der Waals surface area contributed by atoms with Gasteiger partial charge in [-0.3, -0.25) is 9.59 Å². The van der Waals surface area contributed by atoms with Crippen molar-refractivity contribution in [1.29, 1.82) is 0 Å². The van der Waals surface area contributed by atoms with Crippen molar-refractivity contribution in [2.45, 2.75) is 19.8 Å². The molecule has 0 radical (unpaired) electrons. The Balaban J connectivity index is 2.25. The third kappa shape index (κ3) is 3.88. The van der Waals surface area contributed by atoms with Gasteiger partial charge in [0.15, 0.2) is 0 Å². The Morgan fingerprint density at radius 1 is 1.09 bits per heavy atom. The van der Waals surface area contributed by atoms with Crippen molar-refractivity contribution in [2.75, 3.05) is 12.4 Å². The van der Waals surface area contributed by atoms with Crippen LogP contribution in [0.25, 0.3) is 0 Å². The number of ether oxygens (including phenoxy) is 1. The van der Waals surface area contributed by atoms with E-state index in [2.05, 4.69) is 19.2 Å². The highest BCUT2D eigenvalue weighted by Crippen LogP contribution is 2.25. The summed E-state index contributed by atoms with van der Waals surface area (Å²) in [6, 6.07) is 12.0. The zero-order chi connectivity index (χ0) is 17.0. The third-order valence-electron chi connectivity index (χ3n) is 3.56. The van der Waals surface area contributed by atoms with E-state index >= 15 is 0 Å². The molecule has 3 N–H and O–H groups in total. The zero-order valence-corrected chi connectivity index (χ0v) is 13.4. The standard InChI is InChI=1S/C18H20N2O3/c1-11(2)13-6-9-16(23-3)15(10-13)18(22)20-14-7-4-12(5-8-14)17(19)21/h4-11H,1-3H3,(H2,19,21)(H,20,22). The summed E-state index contributed by atoms with van der Waals surface area (Å²) in [4.78, 5) is 23.6. The van der Waals surface area contributed by atoms with Gasteiger partial charge in [0.25, 0.3) is 5.91 Å². The first-order valence-corrected chi connectivity index (χ1v) is 7.31. The minimum absolute atomic E-state index is 0.267. The summed E-state index contributed by atoms with van der Waals surface area (Å²) in [6.07, 6.45) is 0. The van der Waals surface area contributed by atoms with Crippen LogP contribution in [0.3, 0.4) is 0 Å². The number of rotatable bonds is 5. The molecule has 0 saturated carbocycles. The van der Waals surface area contributed by atoms with Gasteiger partial charge in [0.1, 0.15) is 5.75 Å². The minimum Gasteiger partial charge on any atom is -0.496 e. The summed E-state index contributed by atoms with van der Waals surface area (Å²) >= 11 is 0. The highest BCUT2D eigenvalue weighted by molar-refractivity contribution is 6.06. The average Bonchev–Trinajstić information content (AvgIpc) is 2.54. The number of carbonyl (C=O) groups excluding carboxylic acids is 2. The molecule has 0 atom stereocenters. The van der Waals surface area contributed by atoms with Crippen LogP contribution in [-0.2, 0) is 0 Å². The molecule has 2 amide bonds. The molecule has 2 rings (SSSR count). The summed E-state index contributed by atoms with van der Waals surface area (Å²) in [5.41, 5.74) is 7.69. The van der Waals surface area contributed by atoms with E-state index in [1.807, 2.05) is 12.1 Å². The molecule has 120 valence electrons. The first-order chi connectivity index (χ1) is 10.9. The van der Waals surface area contributed by atoms with Gasteiger partial charge in [-0.25, -0.2) is 0 Å². The van der Waals surface area contributed by atoms with Gasteiger partial charge in [-0.1, -0.05) is 19.9 Å². The lowest BCUT2D eigenvalue weighted by Crippen LogP contribution is -2.14. The van der Waals surface area contributed by atoms with Crippen LogP contribution in [0.4, 0.5) is 5.69 Å². The lowest BCUT2D eigenvalue weighted by molar-refractivity contribution is 0.0998. The van der Waals surface area contributed by atoms with E-state index in [1.165, 1.54) is 7.11 Å². The predicted molar refractivity (Wildman–Crippen MR) is 90.0 cm³/mol. The van der Waals surface area contributed by atoms with E-state index in [0.29, 0.717) is 28.5 Å². The second-order valence-electron chi connectivity index (χ2n) is 5.51. The van der Waals surface area contributed by atoms with E-state index in [1.54, 1.807) is 30.3 Å². The lowest BCUT2D eigenvalue weighted by Gasteiger charge is -2.13. The smallest absolute Gasteiger partial charge is 0.259 e. The Hall–Kier alpha value is -2.82. The fourth-order valence-electron chi connectivity index (χ4n) is 2.18. The maximum Gasteiger partial charge on any atom is 0.259 e. The third-order valence-corrected chi connectivity index (χ3v) is 3.56. The SMILES string of the molecule is COc1ccc(C(C)C)cc1C(=O)Nc1ccc(C(N)=O)cc1. The van der Waals surface area contributed by atoms with E-state index in [4.69, 9.17) is 10.5 Å². The van der Waals surface area contributed by atoms with E-state index in [0.717, 1.165) is 5.56 Å². The summed E-state index contributed by atoms with van der Waals surface area (Å²) in [5.74, 6) is 0.0494. The molecule has 2 aromatic carbocycles. The second kappa shape index (κ2) is 6.96. The van der Waals surface area contributed by atoms with Gasteiger partial charge in [0.2, 0.25) is 5.91 Å². The van der Waals surface area contributed by atoms with Crippen molar-refractivity contribution in [1.82, 2.24) is 0 Å². The molecule has 0 bridgehead atoms. The highest BCUT2D eigenvalue weighted by Gasteiger charge is 2.14. The summed E-state index contributed by atoms with van der Waals surface area (Å²) < 4.78 is 5.27. The molecule has 0 heterocycles. The van der Waals surface area contributed by atoms with E-state index < -0.39 is 5.91 Å². The van der Waals surface area contributed by atoms with Crippen molar-refractivity contribution in [3.63, 3.8) is 0 Å². The molecular formula is C18H20N2O3. The molecule has 0 fully saturated rings. The maximum atomic E-state index is 12.5. The molecule has 5 nitrogen and oxygen atoms in total. The topological polar surface area (TPSA) is 81.4 Å². The van der Waals surface area contributed by atoms with Crippen LogP contribution >= 0.6 is 0 Å². The molecule has 0 aliphatic heterocycles. The van der Waals surface area contributed by atoms with Crippen LogP contribution in [0.5, 0.6) is 5.75 Å². The van der Waals surface area contributed by atoms with Gasteiger partial charge in [-0.15, -0.1) is 0 Å². The molecule has 0 aliphatic rings. The van der Waals surface area contributed by atoms with Gasteiger partial charge in [0.05, 0.1) is 12.7 Å². The van der Waals surface area contributed by atoms with E-state index in [9.17, 15) is 9.59 Å². The minimum atomic E-state index is -0.505. The molecule has 0 aliphatic carbocycles.